The molecule has 368 valence electrons. The summed E-state index contributed by atoms with van der Waals surface area (Å²) in [5, 5.41) is 16.3. The minimum atomic E-state index is -4.68. The SMILES string of the molecule is CC1(C)C(C/C=C/C(=O)c2ccc(C#CC3CCN(C4CCN(C(=O)CNc5cccc6c5C(=O)N(C5CCC(=O)NC5=O)C6=O)CC4)CC3)cc2)C(C)(C)C1OC1=Nn2c(nnc2C(F)(F)F)CC1. The summed E-state index contributed by atoms with van der Waals surface area (Å²) in [5.41, 5.74) is 1.32. The lowest BCUT2D eigenvalue weighted by Crippen LogP contribution is -2.64. The summed E-state index contributed by atoms with van der Waals surface area (Å²) in [4.78, 5) is 82.5. The average molecular weight is 964 g/mol. The van der Waals surface area contributed by atoms with Crippen molar-refractivity contribution in [2.75, 3.05) is 38.0 Å². The lowest BCUT2D eigenvalue weighted by molar-refractivity contribution is -0.203. The van der Waals surface area contributed by atoms with E-state index in [2.05, 4.69) is 70.4 Å². The Labute approximate surface area is 403 Å². The van der Waals surface area contributed by atoms with Crippen LogP contribution in [0, 0.1) is 34.5 Å². The summed E-state index contributed by atoms with van der Waals surface area (Å²) in [7, 11) is 0. The zero-order chi connectivity index (χ0) is 49.7. The van der Waals surface area contributed by atoms with Gasteiger partial charge in [0.05, 0.1) is 17.7 Å². The van der Waals surface area contributed by atoms with Gasteiger partial charge in [0.15, 0.2) is 11.6 Å². The highest BCUT2D eigenvalue weighted by Gasteiger charge is 2.63. The van der Waals surface area contributed by atoms with E-state index in [4.69, 9.17) is 4.74 Å². The molecule has 9 rings (SSSR count). The Balaban J connectivity index is 0.696. The van der Waals surface area contributed by atoms with Gasteiger partial charge < -0.3 is 19.9 Å². The van der Waals surface area contributed by atoms with Crippen LogP contribution in [0.25, 0.3) is 0 Å². The van der Waals surface area contributed by atoms with Crippen LogP contribution >= 0.6 is 0 Å². The summed E-state index contributed by atoms with van der Waals surface area (Å²) >= 11 is 0. The fraction of sp³-hybridized carbons (Fsp3) is 0.510. The minimum Gasteiger partial charge on any atom is -0.475 e. The van der Waals surface area contributed by atoms with E-state index in [9.17, 15) is 41.9 Å². The number of nitrogens with zero attached hydrogens (tertiary/aromatic N) is 7. The van der Waals surface area contributed by atoms with Crippen LogP contribution in [0.1, 0.15) is 127 Å². The number of allylic oxidation sites excluding steroid dienone is 2. The maximum Gasteiger partial charge on any atom is 0.453 e. The van der Waals surface area contributed by atoms with Crippen molar-refractivity contribution in [3.8, 4) is 11.8 Å². The second kappa shape index (κ2) is 18.9. The van der Waals surface area contributed by atoms with Gasteiger partial charge in [-0.2, -0.15) is 17.8 Å². The second-order valence-electron chi connectivity index (χ2n) is 20.2. The molecule has 4 fully saturated rings. The molecular weight excluding hydrogens is 908 g/mol. The quantitative estimate of drug-likeness (QED) is 0.107. The van der Waals surface area contributed by atoms with E-state index < -0.39 is 41.7 Å². The number of piperidine rings is 3. The Kier molecular flexibility index (Phi) is 13.1. The molecule has 2 N–H and O–H groups in total. The number of anilines is 1. The number of nitrogens with one attached hydrogen (secondary N) is 2. The fourth-order valence-corrected chi connectivity index (χ4v) is 11.6. The van der Waals surface area contributed by atoms with Crippen molar-refractivity contribution in [1.82, 2.24) is 34.9 Å². The van der Waals surface area contributed by atoms with Crippen molar-refractivity contribution in [3.05, 3.63) is 88.5 Å². The first-order valence-electron chi connectivity index (χ1n) is 24.0. The normalized spacial score (nSPS) is 23.8. The van der Waals surface area contributed by atoms with Gasteiger partial charge in [-0.3, -0.25) is 39.0 Å². The molecule has 6 aliphatic rings. The molecule has 0 radical (unpaired) electrons. The summed E-state index contributed by atoms with van der Waals surface area (Å²) in [5.74, 6) is 3.74. The number of halogens is 3. The van der Waals surface area contributed by atoms with Crippen LogP contribution in [0.15, 0.2) is 59.7 Å². The van der Waals surface area contributed by atoms with E-state index in [0.29, 0.717) is 43.2 Å². The molecule has 1 aliphatic carbocycles. The number of aromatic nitrogens is 3. The van der Waals surface area contributed by atoms with Gasteiger partial charge in [0, 0.05) is 72.0 Å². The molecule has 19 heteroatoms. The maximum atomic E-state index is 13.5. The number of rotatable bonds is 10. The number of amides is 5. The number of ether oxygens (including phenoxy) is 1. The van der Waals surface area contributed by atoms with Crippen LogP contribution in [0.3, 0.4) is 0 Å². The number of benzene rings is 2. The third kappa shape index (κ3) is 9.37. The Morgan fingerprint density at radius 1 is 0.886 bits per heavy atom. The molecule has 1 atom stereocenters. The minimum absolute atomic E-state index is 0.0274. The summed E-state index contributed by atoms with van der Waals surface area (Å²) in [6.45, 7) is 11.2. The van der Waals surface area contributed by atoms with Gasteiger partial charge in [-0.15, -0.1) is 15.3 Å². The van der Waals surface area contributed by atoms with Gasteiger partial charge >= 0.3 is 6.18 Å². The van der Waals surface area contributed by atoms with Gasteiger partial charge in [0.1, 0.15) is 12.1 Å². The topological polar surface area (TPSA) is 188 Å². The molecule has 2 aromatic carbocycles. The number of carbonyl (C=O) groups is 6. The molecule has 5 amide bonds. The third-order valence-corrected chi connectivity index (χ3v) is 15.1. The first kappa shape index (κ1) is 48.3. The smallest absolute Gasteiger partial charge is 0.453 e. The van der Waals surface area contributed by atoms with Gasteiger partial charge in [0.2, 0.25) is 23.6 Å². The van der Waals surface area contributed by atoms with E-state index in [1.54, 1.807) is 30.3 Å². The van der Waals surface area contributed by atoms with Gasteiger partial charge in [-0.05, 0) is 100 Å². The summed E-state index contributed by atoms with van der Waals surface area (Å²) < 4.78 is 47.4. The lowest BCUT2D eigenvalue weighted by Gasteiger charge is -2.63. The Hall–Kier alpha value is -6.68. The molecule has 0 bridgehead atoms. The fourth-order valence-electron chi connectivity index (χ4n) is 11.6. The predicted molar refractivity (Wildman–Crippen MR) is 249 cm³/mol. The Morgan fingerprint density at radius 2 is 1.60 bits per heavy atom. The molecular formula is C51H56F3N9O7. The molecule has 1 aromatic heterocycles. The summed E-state index contributed by atoms with van der Waals surface area (Å²) in [6.07, 6.45) is 3.32. The van der Waals surface area contributed by atoms with Gasteiger partial charge in [-0.1, -0.05) is 51.7 Å². The summed E-state index contributed by atoms with van der Waals surface area (Å²) in [6, 6.07) is 11.4. The number of aryl methyl sites for hydroxylation is 1. The number of carbonyl (C=O) groups excluding carboxylic acids is 6. The number of hydrogen-bond donors (Lipinski definition) is 2. The molecule has 6 heterocycles. The first-order valence-corrected chi connectivity index (χ1v) is 24.0. The monoisotopic (exact) mass is 963 g/mol. The van der Waals surface area contributed by atoms with Crippen LogP contribution in [0.5, 0.6) is 0 Å². The highest BCUT2D eigenvalue weighted by molar-refractivity contribution is 6.25. The van der Waals surface area contributed by atoms with Crippen molar-refractivity contribution in [2.24, 2.45) is 27.8 Å². The van der Waals surface area contributed by atoms with Crippen LogP contribution in [0.2, 0.25) is 0 Å². The van der Waals surface area contributed by atoms with Crippen LogP contribution in [-0.2, 0) is 31.7 Å². The lowest BCUT2D eigenvalue weighted by atomic mass is 9.45. The van der Waals surface area contributed by atoms with Crippen molar-refractivity contribution in [2.45, 2.75) is 110 Å². The number of ketones is 1. The number of likely N-dealkylation sites (tertiary alicyclic amines) is 2. The first-order chi connectivity index (χ1) is 33.3. The van der Waals surface area contributed by atoms with Crippen molar-refractivity contribution >= 4 is 46.9 Å². The van der Waals surface area contributed by atoms with Crippen molar-refractivity contribution in [3.63, 3.8) is 0 Å². The van der Waals surface area contributed by atoms with Gasteiger partial charge in [-0.25, -0.2) is 0 Å². The zero-order valence-corrected chi connectivity index (χ0v) is 39.6. The molecule has 3 saturated heterocycles. The molecule has 1 unspecified atom stereocenters. The second-order valence-corrected chi connectivity index (χ2v) is 20.2. The molecule has 0 spiro atoms. The van der Waals surface area contributed by atoms with E-state index in [1.165, 1.54) is 6.07 Å². The number of hydrogen-bond acceptors (Lipinski definition) is 12. The number of alkyl halides is 3. The van der Waals surface area contributed by atoms with Crippen LogP contribution in [-0.4, -0.2) is 122 Å². The average Bonchev–Trinajstić information content (AvgIpc) is 3.88. The molecule has 5 aliphatic heterocycles. The molecule has 16 nitrogen and oxygen atoms in total. The molecule has 3 aromatic rings. The number of fused-ring (bicyclic) bond motifs is 2. The Morgan fingerprint density at radius 3 is 2.29 bits per heavy atom. The standard InChI is InChI=1S/C51H56F3N9O7/c1-49(2)38(50(3,4)47(49)70-41-20-18-39-57-58-48(51(52,53)54)63(39)59-41)10-6-9-37(64)32-15-13-30(14-16-32)11-12-31-21-25-60(26-22-31)33-23-27-61(28-24-33)42(66)29-55-35-8-5-7-34-43(35)46(69)62(45(34)68)36-17-19-40(65)56-44(36)67/h5-9,13-16,31,33,36,38,47,55H,10,17-29H2,1-4H3,(H,56,65,67)/b9-6+. The number of imide groups is 2. The van der Waals surface area contributed by atoms with E-state index >= 15 is 0 Å². The molecule has 1 saturated carbocycles. The zero-order valence-electron chi connectivity index (χ0n) is 39.6. The predicted octanol–water partition coefficient (Wildman–Crippen LogP) is 5.87. The largest absolute Gasteiger partial charge is 0.475 e. The highest BCUT2D eigenvalue weighted by atomic mass is 19.4. The van der Waals surface area contributed by atoms with E-state index in [0.717, 1.165) is 53.9 Å². The molecule has 70 heavy (non-hydrogen) atoms. The Bertz CT molecular complexity index is 2720. The van der Waals surface area contributed by atoms with E-state index in [1.807, 2.05) is 23.1 Å². The van der Waals surface area contributed by atoms with Crippen LogP contribution < -0.4 is 10.6 Å². The van der Waals surface area contributed by atoms with Crippen LogP contribution in [0.4, 0.5) is 18.9 Å². The van der Waals surface area contributed by atoms with Gasteiger partial charge in [0.25, 0.3) is 17.6 Å². The van der Waals surface area contributed by atoms with E-state index in [-0.39, 0.29) is 89.1 Å². The highest BCUT2D eigenvalue weighted by Crippen LogP contribution is 2.62. The van der Waals surface area contributed by atoms with Crippen molar-refractivity contribution < 1.29 is 46.7 Å². The third-order valence-electron chi connectivity index (χ3n) is 15.1. The van der Waals surface area contributed by atoms with Crippen molar-refractivity contribution in [1.29, 1.82) is 0 Å². The maximum absolute atomic E-state index is 13.5.